The van der Waals surface area contributed by atoms with Gasteiger partial charge in [0.05, 0.1) is 5.56 Å². The second-order valence-corrected chi connectivity index (χ2v) is 4.57. The molecule has 2 rings (SSSR count). The fourth-order valence-electron chi connectivity index (χ4n) is 1.38. The molecule has 0 aliphatic rings. The maximum absolute atomic E-state index is 10.7. The van der Waals surface area contributed by atoms with Gasteiger partial charge in [-0.05, 0) is 23.8 Å². The third kappa shape index (κ3) is 3.59. The van der Waals surface area contributed by atoms with Gasteiger partial charge in [0.25, 0.3) is 0 Å². The van der Waals surface area contributed by atoms with Crippen LogP contribution in [0.3, 0.4) is 0 Å². The van der Waals surface area contributed by atoms with E-state index < -0.39 is 5.97 Å². The van der Waals surface area contributed by atoms with Crippen LogP contribution in [0.15, 0.2) is 36.5 Å². The van der Waals surface area contributed by atoms with E-state index in [2.05, 4.69) is 4.98 Å². The lowest BCUT2D eigenvalue weighted by molar-refractivity contribution is 0.0696. The van der Waals surface area contributed by atoms with Crippen LogP contribution in [0.1, 0.15) is 15.9 Å². The van der Waals surface area contributed by atoms with Crippen molar-refractivity contribution in [1.29, 1.82) is 0 Å². The molecule has 0 saturated heterocycles. The third-order valence-corrected chi connectivity index (χ3v) is 2.87. The molecule has 0 bridgehead atoms. The Morgan fingerprint density at radius 3 is 2.53 bits per heavy atom. The van der Waals surface area contributed by atoms with Crippen LogP contribution in [0.5, 0.6) is 5.88 Å². The smallest absolute Gasteiger partial charge is 0.337 e. The second kappa shape index (κ2) is 5.91. The van der Waals surface area contributed by atoms with Crippen molar-refractivity contribution in [1.82, 2.24) is 4.98 Å². The molecule has 1 heterocycles. The molecule has 0 aliphatic heterocycles. The molecule has 1 aromatic heterocycles. The summed E-state index contributed by atoms with van der Waals surface area (Å²) in [7, 11) is 0. The average Bonchev–Trinajstić information content (AvgIpc) is 2.39. The molecule has 19 heavy (non-hydrogen) atoms. The van der Waals surface area contributed by atoms with Gasteiger partial charge in [0.15, 0.2) is 0 Å². The fraction of sp³-hybridized carbons (Fsp3) is 0.0769. The van der Waals surface area contributed by atoms with Crippen molar-refractivity contribution in [3.8, 4) is 5.88 Å². The van der Waals surface area contributed by atoms with Gasteiger partial charge in [-0.3, -0.25) is 0 Å². The van der Waals surface area contributed by atoms with Crippen molar-refractivity contribution in [2.75, 3.05) is 0 Å². The van der Waals surface area contributed by atoms with Crippen LogP contribution in [-0.4, -0.2) is 16.1 Å². The molecule has 0 saturated carbocycles. The van der Waals surface area contributed by atoms with Crippen LogP contribution >= 0.6 is 23.2 Å². The maximum atomic E-state index is 10.7. The lowest BCUT2D eigenvalue weighted by Gasteiger charge is -2.07. The highest BCUT2D eigenvalue weighted by Crippen LogP contribution is 2.23. The van der Waals surface area contributed by atoms with Gasteiger partial charge < -0.3 is 9.84 Å². The topological polar surface area (TPSA) is 59.4 Å². The van der Waals surface area contributed by atoms with Gasteiger partial charge >= 0.3 is 5.97 Å². The van der Waals surface area contributed by atoms with E-state index in [1.54, 1.807) is 12.1 Å². The number of ether oxygens (including phenoxy) is 1. The van der Waals surface area contributed by atoms with Crippen molar-refractivity contribution in [3.63, 3.8) is 0 Å². The van der Waals surface area contributed by atoms with E-state index in [-0.39, 0.29) is 23.1 Å². The van der Waals surface area contributed by atoms with E-state index >= 15 is 0 Å². The Balaban J connectivity index is 2.07. The molecule has 4 nitrogen and oxygen atoms in total. The Labute approximate surface area is 119 Å². The number of aromatic nitrogens is 1. The summed E-state index contributed by atoms with van der Waals surface area (Å²) in [6.45, 7) is 0.274. The number of carboxylic acids is 1. The number of halogens is 2. The Morgan fingerprint density at radius 1 is 1.26 bits per heavy atom. The third-order valence-electron chi connectivity index (χ3n) is 2.34. The number of carbonyl (C=O) groups is 1. The van der Waals surface area contributed by atoms with E-state index in [0.29, 0.717) is 5.02 Å². The Kier molecular flexibility index (Phi) is 4.24. The molecule has 0 unspecified atom stereocenters. The van der Waals surface area contributed by atoms with Gasteiger partial charge in [0, 0.05) is 11.2 Å². The van der Waals surface area contributed by atoms with Crippen molar-refractivity contribution in [2.45, 2.75) is 6.61 Å². The predicted molar refractivity (Wildman–Crippen MR) is 72.0 cm³/mol. The molecule has 1 aromatic carbocycles. The summed E-state index contributed by atoms with van der Waals surface area (Å²) < 4.78 is 5.42. The zero-order chi connectivity index (χ0) is 13.8. The Morgan fingerprint density at radius 2 is 1.95 bits per heavy atom. The van der Waals surface area contributed by atoms with Gasteiger partial charge in [-0.15, -0.1) is 0 Å². The van der Waals surface area contributed by atoms with Crippen LogP contribution < -0.4 is 4.74 Å². The Hall–Kier alpha value is -1.78. The molecule has 0 radical (unpaired) electrons. The standard InChI is InChI=1S/C13H9Cl2NO3/c14-10-3-1-8(2-4-10)7-19-12-11(15)5-9(6-16-12)13(17)18/h1-6H,7H2,(H,17,18). The zero-order valence-corrected chi connectivity index (χ0v) is 11.1. The molecule has 6 heteroatoms. The molecule has 0 fully saturated rings. The summed E-state index contributed by atoms with van der Waals surface area (Å²) >= 11 is 11.7. The lowest BCUT2D eigenvalue weighted by Crippen LogP contribution is -2.01. The molecule has 2 aromatic rings. The summed E-state index contributed by atoms with van der Waals surface area (Å²) in [6, 6.07) is 8.45. The van der Waals surface area contributed by atoms with Gasteiger partial charge in [0.1, 0.15) is 11.6 Å². The lowest BCUT2D eigenvalue weighted by atomic mass is 10.2. The van der Waals surface area contributed by atoms with Crippen LogP contribution in [0.2, 0.25) is 10.0 Å². The fourth-order valence-corrected chi connectivity index (χ4v) is 1.73. The molecule has 0 spiro atoms. The summed E-state index contributed by atoms with van der Waals surface area (Å²) in [5, 5.41) is 9.59. The number of pyridine rings is 1. The van der Waals surface area contributed by atoms with Crippen molar-refractivity contribution >= 4 is 29.2 Å². The molecule has 0 amide bonds. The molecular weight excluding hydrogens is 289 g/mol. The van der Waals surface area contributed by atoms with Gasteiger partial charge in [-0.2, -0.15) is 0 Å². The summed E-state index contributed by atoms with van der Waals surface area (Å²) in [4.78, 5) is 14.6. The Bertz CT molecular complexity index is 599. The zero-order valence-electron chi connectivity index (χ0n) is 9.64. The van der Waals surface area contributed by atoms with Gasteiger partial charge in [-0.25, -0.2) is 9.78 Å². The maximum Gasteiger partial charge on any atom is 0.337 e. The van der Waals surface area contributed by atoms with Crippen molar-refractivity contribution in [3.05, 3.63) is 57.7 Å². The van der Waals surface area contributed by atoms with E-state index in [0.717, 1.165) is 5.56 Å². The monoisotopic (exact) mass is 297 g/mol. The normalized spacial score (nSPS) is 10.2. The minimum Gasteiger partial charge on any atom is -0.478 e. The van der Waals surface area contributed by atoms with Crippen LogP contribution in [0.25, 0.3) is 0 Å². The largest absolute Gasteiger partial charge is 0.478 e. The second-order valence-electron chi connectivity index (χ2n) is 3.73. The number of hydrogen-bond acceptors (Lipinski definition) is 3. The number of rotatable bonds is 4. The predicted octanol–water partition coefficient (Wildman–Crippen LogP) is 3.67. The SMILES string of the molecule is O=C(O)c1cnc(OCc2ccc(Cl)cc2)c(Cl)c1. The van der Waals surface area contributed by atoms with E-state index in [1.807, 2.05) is 12.1 Å². The highest BCUT2D eigenvalue weighted by atomic mass is 35.5. The first-order valence-corrected chi connectivity index (χ1v) is 6.08. The summed E-state index contributed by atoms with van der Waals surface area (Å²) in [5.41, 5.74) is 0.924. The molecule has 98 valence electrons. The number of nitrogens with zero attached hydrogens (tertiary/aromatic N) is 1. The number of aromatic carboxylic acids is 1. The minimum absolute atomic E-state index is 0.0174. The first-order chi connectivity index (χ1) is 9.06. The van der Waals surface area contributed by atoms with Gasteiger partial charge in [0.2, 0.25) is 5.88 Å². The van der Waals surface area contributed by atoms with Crippen LogP contribution in [0, 0.1) is 0 Å². The first-order valence-electron chi connectivity index (χ1n) is 5.32. The van der Waals surface area contributed by atoms with Crippen molar-refractivity contribution < 1.29 is 14.6 Å². The number of benzene rings is 1. The molecule has 0 aliphatic carbocycles. The number of hydrogen-bond donors (Lipinski definition) is 1. The highest BCUT2D eigenvalue weighted by Gasteiger charge is 2.09. The van der Waals surface area contributed by atoms with Gasteiger partial charge in [-0.1, -0.05) is 35.3 Å². The van der Waals surface area contributed by atoms with E-state index in [1.165, 1.54) is 12.3 Å². The molecule has 1 N–H and O–H groups in total. The minimum atomic E-state index is -1.08. The quantitative estimate of drug-likeness (QED) is 0.935. The van der Waals surface area contributed by atoms with Crippen molar-refractivity contribution in [2.24, 2.45) is 0 Å². The van der Waals surface area contributed by atoms with Crippen LogP contribution in [-0.2, 0) is 6.61 Å². The molecule has 0 atom stereocenters. The van der Waals surface area contributed by atoms with E-state index in [9.17, 15) is 4.79 Å². The number of carboxylic acid groups (broad SMARTS) is 1. The summed E-state index contributed by atoms with van der Waals surface area (Å²) in [5.74, 6) is -0.889. The first kappa shape index (κ1) is 13.6. The average molecular weight is 298 g/mol. The van der Waals surface area contributed by atoms with Crippen LogP contribution in [0.4, 0.5) is 0 Å². The highest BCUT2D eigenvalue weighted by molar-refractivity contribution is 6.32. The molecular formula is C13H9Cl2NO3. The van der Waals surface area contributed by atoms with E-state index in [4.69, 9.17) is 33.0 Å². The summed E-state index contributed by atoms with van der Waals surface area (Å²) in [6.07, 6.45) is 1.20.